The average molecular weight is 351 g/mol. The Bertz CT molecular complexity index is 869. The largest absolute Gasteiger partial charge is 0.497 e. The van der Waals surface area contributed by atoms with Crippen molar-refractivity contribution in [1.29, 1.82) is 0 Å². The quantitative estimate of drug-likeness (QED) is 0.601. The van der Waals surface area contributed by atoms with Crippen LogP contribution in [-0.2, 0) is 5.75 Å². The Kier molecular flexibility index (Phi) is 4.49. The third-order valence-corrected chi connectivity index (χ3v) is 5.53. The van der Waals surface area contributed by atoms with Crippen LogP contribution in [0.25, 0.3) is 5.69 Å². The maximum absolute atomic E-state index is 5.28. The van der Waals surface area contributed by atoms with Gasteiger partial charge in [-0.3, -0.25) is 4.57 Å². The molecule has 0 amide bonds. The van der Waals surface area contributed by atoms with Crippen molar-refractivity contribution >= 4 is 11.8 Å². The van der Waals surface area contributed by atoms with Gasteiger partial charge < -0.3 is 4.74 Å². The van der Waals surface area contributed by atoms with Crippen LogP contribution < -0.4 is 4.74 Å². The van der Waals surface area contributed by atoms with Crippen LogP contribution in [0.15, 0.2) is 53.7 Å². The topological polar surface area (TPSA) is 39.9 Å². The molecule has 0 atom stereocenters. The standard InChI is InChI=1S/C20H21N3OS/c1-14-5-3-4-6-16(14)13-25-20-22-21-19(15-7-8-15)23(20)17-9-11-18(24-2)12-10-17/h3-6,9-12,15H,7-8,13H2,1-2H3. The minimum atomic E-state index is 0.544. The van der Waals surface area contributed by atoms with Gasteiger partial charge in [0.05, 0.1) is 7.11 Å². The van der Waals surface area contributed by atoms with E-state index in [0.717, 1.165) is 28.2 Å². The summed E-state index contributed by atoms with van der Waals surface area (Å²) in [4.78, 5) is 0. The monoisotopic (exact) mass is 351 g/mol. The fraction of sp³-hybridized carbons (Fsp3) is 0.300. The molecule has 0 N–H and O–H groups in total. The number of nitrogens with zero attached hydrogens (tertiary/aromatic N) is 3. The molecule has 0 unspecified atom stereocenters. The predicted octanol–water partition coefficient (Wildman–Crippen LogP) is 4.75. The Morgan fingerprint density at radius 3 is 2.52 bits per heavy atom. The first-order valence-corrected chi connectivity index (χ1v) is 9.52. The van der Waals surface area contributed by atoms with Crippen molar-refractivity contribution in [3.8, 4) is 11.4 Å². The second kappa shape index (κ2) is 6.92. The van der Waals surface area contributed by atoms with Crippen LogP contribution in [-0.4, -0.2) is 21.9 Å². The maximum Gasteiger partial charge on any atom is 0.196 e. The highest BCUT2D eigenvalue weighted by molar-refractivity contribution is 7.98. The summed E-state index contributed by atoms with van der Waals surface area (Å²) in [7, 11) is 1.69. The van der Waals surface area contributed by atoms with E-state index in [4.69, 9.17) is 4.74 Å². The molecule has 0 spiro atoms. The summed E-state index contributed by atoms with van der Waals surface area (Å²) >= 11 is 1.74. The van der Waals surface area contributed by atoms with E-state index in [1.54, 1.807) is 18.9 Å². The molecule has 1 aromatic heterocycles. The van der Waals surface area contributed by atoms with Gasteiger partial charge in [-0.05, 0) is 55.2 Å². The van der Waals surface area contributed by atoms with Crippen molar-refractivity contribution in [2.24, 2.45) is 0 Å². The third kappa shape index (κ3) is 3.42. The lowest BCUT2D eigenvalue weighted by Crippen LogP contribution is -2.02. The number of benzene rings is 2. The molecule has 1 aliphatic carbocycles. The molecule has 25 heavy (non-hydrogen) atoms. The van der Waals surface area contributed by atoms with Crippen LogP contribution in [0, 0.1) is 6.92 Å². The first-order valence-electron chi connectivity index (χ1n) is 8.53. The number of ether oxygens (including phenoxy) is 1. The molecule has 2 aromatic carbocycles. The Hall–Kier alpha value is -2.27. The first kappa shape index (κ1) is 16.2. The molecular formula is C20H21N3OS. The lowest BCUT2D eigenvalue weighted by molar-refractivity contribution is 0.414. The van der Waals surface area contributed by atoms with Gasteiger partial charge in [-0.15, -0.1) is 10.2 Å². The van der Waals surface area contributed by atoms with E-state index in [1.807, 2.05) is 12.1 Å². The Balaban J connectivity index is 1.64. The molecular weight excluding hydrogens is 330 g/mol. The van der Waals surface area contributed by atoms with Gasteiger partial charge in [-0.1, -0.05) is 36.0 Å². The number of aromatic nitrogens is 3. The van der Waals surface area contributed by atoms with Gasteiger partial charge in [0.25, 0.3) is 0 Å². The summed E-state index contributed by atoms with van der Waals surface area (Å²) in [5, 5.41) is 9.93. The van der Waals surface area contributed by atoms with Gasteiger partial charge in [0.1, 0.15) is 11.6 Å². The number of rotatable bonds is 6. The summed E-state index contributed by atoms with van der Waals surface area (Å²) in [6.45, 7) is 2.15. The van der Waals surface area contributed by atoms with Crippen molar-refractivity contribution in [3.05, 3.63) is 65.5 Å². The summed E-state index contributed by atoms with van der Waals surface area (Å²) < 4.78 is 7.49. The minimum Gasteiger partial charge on any atom is -0.497 e. The highest BCUT2D eigenvalue weighted by atomic mass is 32.2. The third-order valence-electron chi connectivity index (χ3n) is 4.55. The molecule has 0 radical (unpaired) electrons. The highest BCUT2D eigenvalue weighted by Crippen LogP contribution is 2.41. The predicted molar refractivity (Wildman–Crippen MR) is 101 cm³/mol. The molecule has 1 aliphatic rings. The number of thioether (sulfide) groups is 1. The SMILES string of the molecule is COc1ccc(-n2c(SCc3ccccc3C)nnc2C2CC2)cc1. The van der Waals surface area contributed by atoms with Crippen LogP contribution in [0.2, 0.25) is 0 Å². The van der Waals surface area contributed by atoms with E-state index in [2.05, 4.69) is 58.1 Å². The van der Waals surface area contributed by atoms with Crippen molar-refractivity contribution in [2.75, 3.05) is 7.11 Å². The number of methoxy groups -OCH3 is 1. The van der Waals surface area contributed by atoms with E-state index in [-0.39, 0.29) is 0 Å². The molecule has 0 bridgehead atoms. The molecule has 3 aromatic rings. The maximum atomic E-state index is 5.28. The molecule has 5 heteroatoms. The average Bonchev–Trinajstić information content (AvgIpc) is 3.41. The van der Waals surface area contributed by atoms with Crippen molar-refractivity contribution in [1.82, 2.24) is 14.8 Å². The number of hydrogen-bond acceptors (Lipinski definition) is 4. The van der Waals surface area contributed by atoms with Crippen LogP contribution in [0.4, 0.5) is 0 Å². The van der Waals surface area contributed by atoms with Gasteiger partial charge >= 0.3 is 0 Å². The fourth-order valence-electron chi connectivity index (χ4n) is 2.87. The molecule has 1 saturated carbocycles. The number of aryl methyl sites for hydroxylation is 1. The Labute approximate surface area is 152 Å². The fourth-order valence-corrected chi connectivity index (χ4v) is 3.90. The summed E-state index contributed by atoms with van der Waals surface area (Å²) in [5.74, 6) is 3.38. The lowest BCUT2D eigenvalue weighted by Gasteiger charge is -2.11. The van der Waals surface area contributed by atoms with E-state index in [9.17, 15) is 0 Å². The second-order valence-corrected chi connectivity index (χ2v) is 7.31. The molecule has 4 rings (SSSR count). The smallest absolute Gasteiger partial charge is 0.196 e. The van der Waals surface area contributed by atoms with Crippen molar-refractivity contribution < 1.29 is 4.74 Å². The zero-order valence-electron chi connectivity index (χ0n) is 14.5. The summed E-state index contributed by atoms with van der Waals surface area (Å²) in [5.41, 5.74) is 3.75. The van der Waals surface area contributed by atoms with Gasteiger partial charge in [0.15, 0.2) is 5.16 Å². The highest BCUT2D eigenvalue weighted by Gasteiger charge is 2.31. The van der Waals surface area contributed by atoms with E-state index in [0.29, 0.717) is 5.92 Å². The van der Waals surface area contributed by atoms with E-state index in [1.165, 1.54) is 24.0 Å². The number of hydrogen-bond donors (Lipinski definition) is 0. The van der Waals surface area contributed by atoms with E-state index >= 15 is 0 Å². The first-order chi connectivity index (χ1) is 12.3. The van der Waals surface area contributed by atoms with Gasteiger partial charge in [0.2, 0.25) is 0 Å². The Morgan fingerprint density at radius 2 is 1.84 bits per heavy atom. The summed E-state index contributed by atoms with van der Waals surface area (Å²) in [6.07, 6.45) is 2.41. The minimum absolute atomic E-state index is 0.544. The molecule has 4 nitrogen and oxygen atoms in total. The van der Waals surface area contributed by atoms with Crippen LogP contribution in [0.5, 0.6) is 5.75 Å². The van der Waals surface area contributed by atoms with Gasteiger partial charge in [-0.25, -0.2) is 0 Å². The second-order valence-electron chi connectivity index (χ2n) is 6.36. The van der Waals surface area contributed by atoms with Crippen LogP contribution >= 0.6 is 11.8 Å². The summed E-state index contributed by atoms with van der Waals surface area (Å²) in [6, 6.07) is 16.6. The van der Waals surface area contributed by atoms with Gasteiger partial charge in [0, 0.05) is 17.4 Å². The molecule has 1 fully saturated rings. The van der Waals surface area contributed by atoms with Crippen LogP contribution in [0.1, 0.15) is 35.7 Å². The van der Waals surface area contributed by atoms with Gasteiger partial charge in [-0.2, -0.15) is 0 Å². The zero-order valence-corrected chi connectivity index (χ0v) is 15.3. The van der Waals surface area contributed by atoms with Crippen molar-refractivity contribution in [3.63, 3.8) is 0 Å². The normalized spacial score (nSPS) is 13.8. The van der Waals surface area contributed by atoms with Crippen LogP contribution in [0.3, 0.4) is 0 Å². The zero-order chi connectivity index (χ0) is 17.2. The lowest BCUT2D eigenvalue weighted by atomic mass is 10.1. The Morgan fingerprint density at radius 1 is 1.08 bits per heavy atom. The molecule has 128 valence electrons. The molecule has 0 aliphatic heterocycles. The molecule has 0 saturated heterocycles. The molecule has 1 heterocycles. The van der Waals surface area contributed by atoms with E-state index < -0.39 is 0 Å². The van der Waals surface area contributed by atoms with Crippen molar-refractivity contribution in [2.45, 2.75) is 36.6 Å².